The predicted octanol–water partition coefficient (Wildman–Crippen LogP) is 5.23. The Balaban J connectivity index is 1.43. The highest BCUT2D eigenvalue weighted by molar-refractivity contribution is 8.18. The van der Waals surface area contributed by atoms with Gasteiger partial charge in [0.15, 0.2) is 0 Å². The van der Waals surface area contributed by atoms with Crippen molar-refractivity contribution in [3.63, 3.8) is 0 Å². The van der Waals surface area contributed by atoms with E-state index in [0.717, 1.165) is 16.7 Å². The molecule has 4 rings (SSSR count). The molecule has 0 saturated carbocycles. The van der Waals surface area contributed by atoms with Crippen molar-refractivity contribution in [1.82, 2.24) is 4.90 Å². The summed E-state index contributed by atoms with van der Waals surface area (Å²) < 4.78 is 5.39. The van der Waals surface area contributed by atoms with E-state index in [1.165, 1.54) is 6.08 Å². The zero-order chi connectivity index (χ0) is 24.1. The lowest BCUT2D eigenvalue weighted by atomic mass is 10.2. The van der Waals surface area contributed by atoms with Crippen molar-refractivity contribution in [2.24, 2.45) is 0 Å². The van der Waals surface area contributed by atoms with Crippen LogP contribution in [0, 0.1) is 0 Å². The smallest absolute Gasteiger partial charge is 0.343 e. The molecule has 1 aliphatic heterocycles. The summed E-state index contributed by atoms with van der Waals surface area (Å²) in [5, 5.41) is 2.61. The average molecular weight is 493 g/mol. The molecular weight excluding hydrogens is 476 g/mol. The number of nitrogens with zero attached hydrogens (tertiary/aromatic N) is 1. The van der Waals surface area contributed by atoms with Gasteiger partial charge in [0.05, 0.1) is 10.5 Å². The Hall–Kier alpha value is -3.88. The Morgan fingerprint density at radius 3 is 2.44 bits per heavy atom. The van der Waals surface area contributed by atoms with Gasteiger partial charge in [0.2, 0.25) is 5.91 Å². The number of rotatable bonds is 6. The van der Waals surface area contributed by atoms with Crippen LogP contribution in [0.2, 0.25) is 5.02 Å². The number of benzene rings is 3. The first-order chi connectivity index (χ1) is 16.4. The topological polar surface area (TPSA) is 92.8 Å². The number of hydrogen-bond donors (Lipinski definition) is 1. The van der Waals surface area contributed by atoms with Crippen LogP contribution >= 0.6 is 23.4 Å². The van der Waals surface area contributed by atoms with E-state index in [2.05, 4.69) is 5.32 Å². The van der Waals surface area contributed by atoms with Crippen LogP contribution in [0.4, 0.5) is 10.5 Å². The van der Waals surface area contributed by atoms with Crippen LogP contribution in [0.3, 0.4) is 0 Å². The second kappa shape index (κ2) is 10.4. The van der Waals surface area contributed by atoms with E-state index >= 15 is 0 Å². The zero-order valence-electron chi connectivity index (χ0n) is 17.6. The van der Waals surface area contributed by atoms with Crippen molar-refractivity contribution in [1.29, 1.82) is 0 Å². The molecule has 1 aliphatic rings. The van der Waals surface area contributed by atoms with Gasteiger partial charge in [-0.3, -0.25) is 19.3 Å². The molecule has 0 atom stereocenters. The highest BCUT2D eigenvalue weighted by Gasteiger charge is 2.36. The van der Waals surface area contributed by atoms with Crippen molar-refractivity contribution in [2.75, 3.05) is 11.9 Å². The molecule has 170 valence electrons. The number of carbonyl (C=O) groups excluding carboxylic acids is 4. The number of ether oxygens (including phenoxy) is 1. The van der Waals surface area contributed by atoms with Crippen LogP contribution < -0.4 is 10.1 Å². The van der Waals surface area contributed by atoms with Crippen molar-refractivity contribution >= 4 is 58.1 Å². The minimum atomic E-state index is -0.568. The highest BCUT2D eigenvalue weighted by atomic mass is 35.5. The molecule has 1 saturated heterocycles. The Morgan fingerprint density at radius 1 is 0.971 bits per heavy atom. The van der Waals surface area contributed by atoms with Gasteiger partial charge < -0.3 is 10.1 Å². The van der Waals surface area contributed by atoms with E-state index in [9.17, 15) is 19.2 Å². The van der Waals surface area contributed by atoms with Gasteiger partial charge in [-0.05, 0) is 71.9 Å². The molecule has 0 spiro atoms. The maximum absolute atomic E-state index is 12.7. The molecule has 3 amide bonds. The van der Waals surface area contributed by atoms with Crippen molar-refractivity contribution in [3.8, 4) is 5.75 Å². The summed E-state index contributed by atoms with van der Waals surface area (Å²) in [4.78, 5) is 50.7. The third-order valence-corrected chi connectivity index (χ3v) is 5.84. The third-order valence-electron chi connectivity index (χ3n) is 4.68. The summed E-state index contributed by atoms with van der Waals surface area (Å²) in [6, 6.07) is 21.6. The van der Waals surface area contributed by atoms with Crippen LogP contribution in [-0.2, 0) is 9.59 Å². The Bertz CT molecular complexity index is 1290. The Kier molecular flexibility index (Phi) is 7.10. The molecule has 3 aromatic carbocycles. The van der Waals surface area contributed by atoms with Gasteiger partial charge in [-0.25, -0.2) is 4.79 Å². The first kappa shape index (κ1) is 23.3. The maximum Gasteiger partial charge on any atom is 0.343 e. The van der Waals surface area contributed by atoms with Crippen LogP contribution in [-0.4, -0.2) is 34.5 Å². The number of thioether (sulfide) groups is 1. The van der Waals surface area contributed by atoms with Crippen LogP contribution in [0.5, 0.6) is 5.75 Å². The molecule has 34 heavy (non-hydrogen) atoms. The van der Waals surface area contributed by atoms with Crippen molar-refractivity contribution in [3.05, 3.63) is 99.9 Å². The number of carbonyl (C=O) groups is 4. The van der Waals surface area contributed by atoms with Crippen molar-refractivity contribution < 1.29 is 23.9 Å². The Morgan fingerprint density at radius 2 is 1.71 bits per heavy atom. The fourth-order valence-corrected chi connectivity index (χ4v) is 4.04. The highest BCUT2D eigenvalue weighted by Crippen LogP contribution is 2.32. The summed E-state index contributed by atoms with van der Waals surface area (Å²) in [6.45, 7) is -0.393. The third kappa shape index (κ3) is 5.72. The molecule has 1 heterocycles. The SMILES string of the molecule is O=C(CN1C(=O)S/C(=C\c2cccc(OC(=O)c3ccc(Cl)cc3)c2)C1=O)Nc1ccccc1. The second-order valence-electron chi connectivity index (χ2n) is 7.15. The van der Waals surface area contributed by atoms with E-state index in [1.807, 2.05) is 6.07 Å². The number of nitrogens with one attached hydrogen (secondary N) is 1. The van der Waals surface area contributed by atoms with E-state index in [1.54, 1.807) is 72.8 Å². The van der Waals surface area contributed by atoms with E-state index in [4.69, 9.17) is 16.3 Å². The number of amides is 3. The van der Waals surface area contributed by atoms with E-state index in [-0.39, 0.29) is 10.7 Å². The Labute approximate surface area is 204 Å². The molecule has 0 bridgehead atoms. The van der Waals surface area contributed by atoms with Crippen molar-refractivity contribution in [2.45, 2.75) is 0 Å². The van der Waals surface area contributed by atoms with Gasteiger partial charge in [-0.1, -0.05) is 41.9 Å². The van der Waals surface area contributed by atoms with E-state index in [0.29, 0.717) is 21.8 Å². The fraction of sp³-hybridized carbons (Fsp3) is 0.0400. The molecule has 3 aromatic rings. The quantitative estimate of drug-likeness (QED) is 0.287. The summed E-state index contributed by atoms with van der Waals surface area (Å²) in [7, 11) is 0. The summed E-state index contributed by atoms with van der Waals surface area (Å²) in [5.74, 6) is -1.33. The predicted molar refractivity (Wildman–Crippen MR) is 131 cm³/mol. The van der Waals surface area contributed by atoms with Gasteiger partial charge >= 0.3 is 5.97 Å². The first-order valence-electron chi connectivity index (χ1n) is 10.1. The molecule has 0 aromatic heterocycles. The molecule has 9 heteroatoms. The minimum Gasteiger partial charge on any atom is -0.423 e. The van der Waals surface area contributed by atoms with Crippen LogP contribution in [0.15, 0.2) is 83.8 Å². The fourth-order valence-electron chi connectivity index (χ4n) is 3.07. The molecular formula is C25H17ClN2O5S. The molecule has 0 unspecified atom stereocenters. The van der Waals surface area contributed by atoms with Crippen LogP contribution in [0.25, 0.3) is 6.08 Å². The summed E-state index contributed by atoms with van der Waals surface area (Å²) in [5.41, 5.74) is 1.46. The number of esters is 1. The largest absolute Gasteiger partial charge is 0.423 e. The molecule has 7 nitrogen and oxygen atoms in total. The number of anilines is 1. The number of halogens is 1. The lowest BCUT2D eigenvalue weighted by Crippen LogP contribution is -2.36. The maximum atomic E-state index is 12.7. The zero-order valence-corrected chi connectivity index (χ0v) is 19.1. The second-order valence-corrected chi connectivity index (χ2v) is 8.58. The summed E-state index contributed by atoms with van der Waals surface area (Å²) in [6.07, 6.45) is 1.51. The van der Waals surface area contributed by atoms with E-state index < -0.39 is 29.6 Å². The molecule has 0 radical (unpaired) electrons. The molecule has 1 N–H and O–H groups in total. The standard InChI is InChI=1S/C25H17ClN2O5S/c26-18-11-9-17(10-12-18)24(31)33-20-8-4-5-16(13-20)14-21-23(30)28(25(32)34-21)15-22(29)27-19-6-2-1-3-7-19/h1-14H,15H2,(H,27,29)/b21-14-. The summed E-state index contributed by atoms with van der Waals surface area (Å²) >= 11 is 6.58. The van der Waals surface area contributed by atoms with Gasteiger partial charge in [0.1, 0.15) is 12.3 Å². The normalized spacial score (nSPS) is 14.4. The minimum absolute atomic E-state index is 0.165. The van der Waals surface area contributed by atoms with Gasteiger partial charge in [0, 0.05) is 10.7 Å². The first-order valence-corrected chi connectivity index (χ1v) is 11.3. The lowest BCUT2D eigenvalue weighted by molar-refractivity contribution is -0.127. The van der Waals surface area contributed by atoms with Crippen LogP contribution in [0.1, 0.15) is 15.9 Å². The lowest BCUT2D eigenvalue weighted by Gasteiger charge is -2.12. The van der Waals surface area contributed by atoms with Gasteiger partial charge in [-0.2, -0.15) is 0 Å². The number of hydrogen-bond acceptors (Lipinski definition) is 6. The average Bonchev–Trinajstić information content (AvgIpc) is 3.07. The molecule has 1 fully saturated rings. The van der Waals surface area contributed by atoms with Gasteiger partial charge in [0.25, 0.3) is 11.1 Å². The number of imide groups is 1. The monoisotopic (exact) mass is 492 g/mol. The molecule has 0 aliphatic carbocycles. The van der Waals surface area contributed by atoms with Gasteiger partial charge in [-0.15, -0.1) is 0 Å². The number of para-hydroxylation sites is 1.